The first-order chi connectivity index (χ1) is 9.10. The van der Waals surface area contributed by atoms with Crippen molar-refractivity contribution in [1.29, 1.82) is 0 Å². The molecule has 19 heavy (non-hydrogen) atoms. The zero-order valence-electron chi connectivity index (χ0n) is 11.4. The van der Waals surface area contributed by atoms with Crippen LogP contribution in [0, 0.1) is 6.92 Å². The Bertz CT molecular complexity index is 549. The van der Waals surface area contributed by atoms with E-state index in [0.29, 0.717) is 5.75 Å². The van der Waals surface area contributed by atoms with Gasteiger partial charge in [-0.3, -0.25) is 10.5 Å². The van der Waals surface area contributed by atoms with Gasteiger partial charge in [0.25, 0.3) is 0 Å². The van der Waals surface area contributed by atoms with Crippen LogP contribution >= 0.6 is 11.5 Å². The largest absolute Gasteiger partial charge is 0.493 e. The van der Waals surface area contributed by atoms with Gasteiger partial charge in [-0.15, -0.1) is 5.10 Å². The van der Waals surface area contributed by atoms with Crippen molar-refractivity contribution < 1.29 is 4.74 Å². The van der Waals surface area contributed by atoms with Gasteiger partial charge in [0.2, 0.25) is 0 Å². The van der Waals surface area contributed by atoms with Crippen molar-refractivity contribution in [1.82, 2.24) is 24.8 Å². The lowest BCUT2D eigenvalue weighted by atomic mass is 10.1. The van der Waals surface area contributed by atoms with Gasteiger partial charge in [0.05, 0.1) is 23.9 Å². The van der Waals surface area contributed by atoms with E-state index < -0.39 is 0 Å². The molecule has 0 aromatic carbocycles. The molecule has 0 saturated heterocycles. The lowest BCUT2D eigenvalue weighted by molar-refractivity contribution is 0.394. The third-order valence-electron chi connectivity index (χ3n) is 2.90. The predicted molar refractivity (Wildman–Crippen MR) is 73.0 cm³/mol. The maximum Gasteiger partial charge on any atom is 0.162 e. The van der Waals surface area contributed by atoms with E-state index in [1.807, 2.05) is 11.6 Å². The fraction of sp³-hybridized carbons (Fsp3) is 0.545. The van der Waals surface area contributed by atoms with E-state index in [9.17, 15) is 0 Å². The molecule has 0 aliphatic rings. The van der Waals surface area contributed by atoms with Crippen LogP contribution in [0.15, 0.2) is 6.20 Å². The summed E-state index contributed by atoms with van der Waals surface area (Å²) >= 11 is 1.32. The van der Waals surface area contributed by atoms with Crippen molar-refractivity contribution in [2.75, 3.05) is 7.11 Å². The number of nitrogens with one attached hydrogen (secondary N) is 1. The number of nitrogens with zero attached hydrogens (tertiary/aromatic N) is 4. The van der Waals surface area contributed by atoms with E-state index in [-0.39, 0.29) is 12.1 Å². The van der Waals surface area contributed by atoms with Gasteiger partial charge in [0, 0.05) is 6.04 Å². The lowest BCUT2D eigenvalue weighted by Gasteiger charge is -2.19. The van der Waals surface area contributed by atoms with Gasteiger partial charge in [0.1, 0.15) is 11.7 Å². The highest BCUT2D eigenvalue weighted by molar-refractivity contribution is 7.05. The van der Waals surface area contributed by atoms with Crippen LogP contribution < -0.4 is 16.0 Å². The summed E-state index contributed by atoms with van der Waals surface area (Å²) in [4.78, 5) is 0.961. The van der Waals surface area contributed by atoms with Crippen molar-refractivity contribution in [2.24, 2.45) is 5.84 Å². The number of ether oxygens (including phenoxy) is 1. The van der Waals surface area contributed by atoms with E-state index >= 15 is 0 Å². The van der Waals surface area contributed by atoms with Crippen LogP contribution in [-0.4, -0.2) is 26.5 Å². The van der Waals surface area contributed by atoms with Gasteiger partial charge in [-0.2, -0.15) is 5.10 Å². The molecule has 0 amide bonds. The molecule has 104 valence electrons. The molecule has 0 saturated carbocycles. The van der Waals surface area contributed by atoms with Gasteiger partial charge in [0.15, 0.2) is 5.75 Å². The molecule has 2 aromatic heterocycles. The molecule has 1 atom stereocenters. The monoisotopic (exact) mass is 282 g/mol. The molecule has 0 radical (unpaired) electrons. The number of aryl methyl sites for hydroxylation is 1. The maximum atomic E-state index is 5.72. The van der Waals surface area contributed by atoms with E-state index in [1.165, 1.54) is 11.5 Å². The van der Waals surface area contributed by atoms with E-state index in [2.05, 4.69) is 34.0 Å². The first-order valence-corrected chi connectivity index (χ1v) is 6.73. The van der Waals surface area contributed by atoms with Crippen LogP contribution in [0.3, 0.4) is 0 Å². The Morgan fingerprint density at radius 3 is 2.68 bits per heavy atom. The fourth-order valence-electron chi connectivity index (χ4n) is 1.98. The van der Waals surface area contributed by atoms with Gasteiger partial charge >= 0.3 is 0 Å². The Labute approximate surface area is 115 Å². The van der Waals surface area contributed by atoms with Crippen LogP contribution in [-0.2, 0) is 0 Å². The topological polar surface area (TPSA) is 90.9 Å². The molecule has 2 aromatic rings. The van der Waals surface area contributed by atoms with Crippen molar-refractivity contribution >= 4 is 11.5 Å². The quantitative estimate of drug-likeness (QED) is 0.632. The van der Waals surface area contributed by atoms with Gasteiger partial charge in [-0.05, 0) is 32.3 Å². The minimum absolute atomic E-state index is 0.205. The molecule has 0 aliphatic carbocycles. The zero-order valence-corrected chi connectivity index (χ0v) is 12.2. The SMILES string of the molecule is COc1cnn(C(C)C)c1C(NN)c1snnc1C. The Morgan fingerprint density at radius 1 is 1.47 bits per heavy atom. The Balaban J connectivity index is 2.54. The van der Waals surface area contributed by atoms with Crippen molar-refractivity contribution in [3.8, 4) is 5.75 Å². The van der Waals surface area contributed by atoms with Crippen molar-refractivity contribution in [3.63, 3.8) is 0 Å². The molecule has 2 heterocycles. The summed E-state index contributed by atoms with van der Waals surface area (Å²) in [6, 6.07) is -0.0317. The first kappa shape index (κ1) is 13.9. The summed E-state index contributed by atoms with van der Waals surface area (Å²) in [5, 5.41) is 8.38. The normalized spacial score (nSPS) is 12.9. The molecule has 0 aliphatic heterocycles. The number of hydrogen-bond donors (Lipinski definition) is 2. The van der Waals surface area contributed by atoms with Crippen LogP contribution in [0.2, 0.25) is 0 Å². The van der Waals surface area contributed by atoms with Crippen LogP contribution in [0.5, 0.6) is 5.75 Å². The van der Waals surface area contributed by atoms with Gasteiger partial charge in [-0.25, -0.2) is 5.43 Å². The molecule has 8 heteroatoms. The number of hydrazine groups is 1. The molecule has 2 rings (SSSR count). The Kier molecular flexibility index (Phi) is 4.13. The van der Waals surface area contributed by atoms with Crippen molar-refractivity contribution in [2.45, 2.75) is 32.9 Å². The Hall–Kier alpha value is -1.51. The third kappa shape index (κ3) is 2.46. The van der Waals surface area contributed by atoms with E-state index in [1.54, 1.807) is 13.3 Å². The summed E-state index contributed by atoms with van der Waals surface area (Å²) in [7, 11) is 1.62. The number of methoxy groups -OCH3 is 1. The minimum Gasteiger partial charge on any atom is -0.493 e. The number of aromatic nitrogens is 4. The third-order valence-corrected chi connectivity index (χ3v) is 3.79. The van der Waals surface area contributed by atoms with Gasteiger partial charge < -0.3 is 4.74 Å². The summed E-state index contributed by atoms with van der Waals surface area (Å²) in [6.07, 6.45) is 1.70. The second-order valence-electron chi connectivity index (χ2n) is 4.46. The van der Waals surface area contributed by atoms with Crippen LogP contribution in [0.4, 0.5) is 0 Å². The minimum atomic E-state index is -0.236. The lowest BCUT2D eigenvalue weighted by Crippen LogP contribution is -2.31. The average Bonchev–Trinajstić information content (AvgIpc) is 2.98. The number of nitrogens with two attached hydrogens (primary N) is 1. The zero-order chi connectivity index (χ0) is 14.0. The highest BCUT2D eigenvalue weighted by Gasteiger charge is 2.27. The smallest absolute Gasteiger partial charge is 0.162 e. The van der Waals surface area contributed by atoms with Crippen LogP contribution in [0.25, 0.3) is 0 Å². The number of rotatable bonds is 5. The maximum absolute atomic E-state index is 5.72. The Morgan fingerprint density at radius 2 is 2.21 bits per heavy atom. The molecule has 7 nitrogen and oxygen atoms in total. The van der Waals surface area contributed by atoms with Gasteiger partial charge in [-0.1, -0.05) is 4.49 Å². The molecule has 0 fully saturated rings. The summed E-state index contributed by atoms with van der Waals surface area (Å²) in [5.41, 5.74) is 4.54. The van der Waals surface area contributed by atoms with E-state index in [0.717, 1.165) is 16.3 Å². The first-order valence-electron chi connectivity index (χ1n) is 5.96. The molecule has 0 bridgehead atoms. The standard InChI is InChI=1S/C11H18N6OS/c1-6(2)17-10(8(18-4)5-13-17)9(14-12)11-7(3)15-16-19-11/h5-6,9,14H,12H2,1-4H3. The second-order valence-corrected chi connectivity index (χ2v) is 5.24. The highest BCUT2D eigenvalue weighted by Crippen LogP contribution is 2.33. The second kappa shape index (κ2) is 5.64. The fourth-order valence-corrected chi connectivity index (χ4v) is 2.69. The van der Waals surface area contributed by atoms with Crippen LogP contribution in [0.1, 0.15) is 42.2 Å². The average molecular weight is 282 g/mol. The predicted octanol–water partition coefficient (Wildman–Crippen LogP) is 1.19. The summed E-state index contributed by atoms with van der Waals surface area (Å²) < 4.78 is 11.2. The molecular formula is C11H18N6OS. The number of hydrogen-bond acceptors (Lipinski definition) is 7. The summed E-state index contributed by atoms with van der Waals surface area (Å²) in [5.74, 6) is 6.42. The molecular weight excluding hydrogens is 264 g/mol. The van der Waals surface area contributed by atoms with E-state index in [4.69, 9.17) is 10.6 Å². The molecule has 3 N–H and O–H groups in total. The molecule has 0 spiro atoms. The summed E-state index contributed by atoms with van der Waals surface area (Å²) in [6.45, 7) is 6.02. The molecule has 1 unspecified atom stereocenters. The van der Waals surface area contributed by atoms with Crippen molar-refractivity contribution in [3.05, 3.63) is 22.5 Å². The highest BCUT2D eigenvalue weighted by atomic mass is 32.1.